The zero-order valence-corrected chi connectivity index (χ0v) is 30.1. The number of anilines is 1. The maximum atomic E-state index is 14.0. The van der Waals surface area contributed by atoms with Crippen LogP contribution in [0, 0.1) is 5.41 Å². The number of benzene rings is 4. The normalized spacial score (nSPS) is 12.9. The summed E-state index contributed by atoms with van der Waals surface area (Å²) in [5.41, 5.74) is 3.13. The Morgan fingerprint density at radius 1 is 0.922 bits per heavy atom. The van der Waals surface area contributed by atoms with Gasteiger partial charge in [0.2, 0.25) is 5.91 Å². The highest BCUT2D eigenvalue weighted by Gasteiger charge is 2.31. The van der Waals surface area contributed by atoms with Crippen molar-refractivity contribution in [2.24, 2.45) is 5.41 Å². The lowest BCUT2D eigenvalue weighted by Gasteiger charge is -2.19. The van der Waals surface area contributed by atoms with E-state index in [0.717, 1.165) is 28.8 Å². The van der Waals surface area contributed by atoms with Crippen molar-refractivity contribution in [1.82, 2.24) is 0 Å². The lowest BCUT2D eigenvalue weighted by molar-refractivity contribution is -0.137. The second kappa shape index (κ2) is 16.3. The van der Waals surface area contributed by atoms with Crippen LogP contribution in [0.25, 0.3) is 17.2 Å². The molecule has 1 amide bonds. The number of amides is 1. The van der Waals surface area contributed by atoms with E-state index >= 15 is 0 Å². The summed E-state index contributed by atoms with van der Waals surface area (Å²) in [6, 6.07) is 22.2. The van der Waals surface area contributed by atoms with Crippen LogP contribution >= 0.6 is 11.6 Å². The fourth-order valence-corrected chi connectivity index (χ4v) is 6.09. The third kappa shape index (κ3) is 11.5. The highest BCUT2D eigenvalue weighted by Crippen LogP contribution is 2.40. The summed E-state index contributed by atoms with van der Waals surface area (Å²) in [5.74, 6) is -1.49. The van der Waals surface area contributed by atoms with E-state index < -0.39 is 33.5 Å². The van der Waals surface area contributed by atoms with Crippen molar-refractivity contribution in [3.8, 4) is 16.9 Å². The van der Waals surface area contributed by atoms with Gasteiger partial charge in [0, 0.05) is 39.9 Å². The summed E-state index contributed by atoms with van der Waals surface area (Å²) in [6.45, 7) is 6.28. The van der Waals surface area contributed by atoms with Crippen LogP contribution in [-0.2, 0) is 27.5 Å². The Balaban J connectivity index is 1.60. The fourth-order valence-electron chi connectivity index (χ4n) is 5.30. The van der Waals surface area contributed by atoms with E-state index in [2.05, 4.69) is 32.2 Å². The van der Waals surface area contributed by atoms with Gasteiger partial charge in [-0.3, -0.25) is 14.1 Å². The van der Waals surface area contributed by atoms with Gasteiger partial charge in [-0.1, -0.05) is 99.1 Å². The van der Waals surface area contributed by atoms with Crippen LogP contribution in [0.3, 0.4) is 0 Å². The smallest absolute Gasteiger partial charge is 0.416 e. The first-order valence-corrected chi connectivity index (χ1v) is 18.0. The molecule has 0 aromatic heterocycles. The minimum Gasteiger partial charge on any atom is -0.496 e. The lowest BCUT2D eigenvalue weighted by atomic mass is 9.89. The SMILES string of the molecule is COc1cc(NC(=O)C(Cc2ccc(C(=O)CCCS(=O)(=O)O)cc2)c2ccc(/C=C/C(C)(C)C)cc2)ccc1-c1ccc(C(F)(F)F)cc1Cl. The zero-order valence-electron chi connectivity index (χ0n) is 28.6. The van der Waals surface area contributed by atoms with E-state index in [0.29, 0.717) is 22.4 Å². The Labute approximate surface area is 301 Å². The average Bonchev–Trinajstić information content (AvgIpc) is 3.05. The zero-order chi connectivity index (χ0) is 37.6. The van der Waals surface area contributed by atoms with Crippen LogP contribution in [0.2, 0.25) is 5.02 Å². The Bertz CT molecular complexity index is 2000. The number of hydrogen-bond acceptors (Lipinski definition) is 5. The predicted molar refractivity (Wildman–Crippen MR) is 195 cm³/mol. The molecular weight excluding hydrogens is 703 g/mol. The number of carbonyl (C=O) groups excluding carboxylic acids is 2. The summed E-state index contributed by atoms with van der Waals surface area (Å²) < 4.78 is 76.1. The number of allylic oxidation sites excluding steroid dienone is 1. The van der Waals surface area contributed by atoms with E-state index in [1.165, 1.54) is 13.2 Å². The second-order valence-electron chi connectivity index (χ2n) is 13.2. The highest BCUT2D eigenvalue weighted by atomic mass is 35.5. The van der Waals surface area contributed by atoms with Crippen molar-refractivity contribution >= 4 is 45.2 Å². The van der Waals surface area contributed by atoms with Crippen molar-refractivity contribution in [2.45, 2.75) is 52.1 Å². The van der Waals surface area contributed by atoms with E-state index in [1.54, 1.807) is 42.5 Å². The molecule has 0 spiro atoms. The van der Waals surface area contributed by atoms with E-state index in [9.17, 15) is 31.2 Å². The van der Waals surface area contributed by atoms with Crippen molar-refractivity contribution < 1.29 is 40.5 Å². The topological polar surface area (TPSA) is 110 Å². The number of ketones is 1. The molecule has 0 bridgehead atoms. The summed E-state index contributed by atoms with van der Waals surface area (Å²) in [5, 5.41) is 2.84. The Morgan fingerprint density at radius 2 is 1.57 bits per heavy atom. The first-order chi connectivity index (χ1) is 23.8. The number of methoxy groups -OCH3 is 1. The Hall–Kier alpha value is -4.45. The number of Topliss-reactive ketones (excluding diaryl/α,β-unsaturated/α-hetero) is 1. The van der Waals surface area contributed by atoms with Crippen LogP contribution in [0.4, 0.5) is 18.9 Å². The number of ether oxygens (including phenoxy) is 1. The van der Waals surface area contributed by atoms with Gasteiger partial charge in [-0.2, -0.15) is 21.6 Å². The molecule has 0 heterocycles. The molecule has 0 saturated heterocycles. The lowest BCUT2D eigenvalue weighted by Crippen LogP contribution is -2.23. The van der Waals surface area contributed by atoms with Crippen molar-refractivity contribution in [3.63, 3.8) is 0 Å². The summed E-state index contributed by atoms with van der Waals surface area (Å²) in [7, 11) is -2.75. The predicted octanol–water partition coefficient (Wildman–Crippen LogP) is 9.91. The Kier molecular flexibility index (Phi) is 12.5. The summed E-state index contributed by atoms with van der Waals surface area (Å²) in [6.07, 6.45) is -0.225. The van der Waals surface area contributed by atoms with Gasteiger partial charge in [0.15, 0.2) is 5.78 Å². The van der Waals surface area contributed by atoms with Gasteiger partial charge in [-0.15, -0.1) is 0 Å². The molecule has 0 aliphatic heterocycles. The molecule has 7 nitrogen and oxygen atoms in total. The molecule has 1 unspecified atom stereocenters. The summed E-state index contributed by atoms with van der Waals surface area (Å²) >= 11 is 6.25. The number of carbonyl (C=O) groups is 2. The van der Waals surface area contributed by atoms with Gasteiger partial charge >= 0.3 is 6.18 Å². The minimum atomic E-state index is -4.55. The molecule has 0 aliphatic rings. The van der Waals surface area contributed by atoms with Gasteiger partial charge in [-0.25, -0.2) is 0 Å². The van der Waals surface area contributed by atoms with Gasteiger partial charge in [-0.05, 0) is 59.2 Å². The van der Waals surface area contributed by atoms with Crippen LogP contribution in [0.5, 0.6) is 5.75 Å². The molecule has 2 N–H and O–H groups in total. The molecule has 270 valence electrons. The molecule has 1 atom stereocenters. The van der Waals surface area contributed by atoms with Gasteiger partial charge in [0.05, 0.1) is 24.3 Å². The molecule has 0 fully saturated rings. The first-order valence-electron chi connectivity index (χ1n) is 16.1. The monoisotopic (exact) mass is 741 g/mol. The fraction of sp³-hybridized carbons (Fsp3) is 0.282. The number of hydrogen-bond donors (Lipinski definition) is 2. The molecule has 4 aromatic rings. The van der Waals surface area contributed by atoms with Crippen molar-refractivity contribution in [2.75, 3.05) is 18.2 Å². The molecule has 12 heteroatoms. The first kappa shape index (κ1) is 39.3. The average molecular weight is 742 g/mol. The third-order valence-electron chi connectivity index (χ3n) is 8.01. The minimum absolute atomic E-state index is 0.00819. The third-order valence-corrected chi connectivity index (χ3v) is 9.13. The molecule has 0 radical (unpaired) electrons. The standard InChI is InChI=1S/C39H39ClF3NO6S/c1-38(2,3)20-19-25-7-11-27(12-8-25)33(22-26-9-13-28(14-10-26)35(45)6-5-21-51(47,48)49)37(46)44-30-16-18-32(36(24-30)50-4)31-17-15-29(23-34(31)40)39(41,42)43/h7-20,23-24,33H,5-6,21-22H2,1-4H3,(H,44,46)(H,47,48,49)/b20-19+. The molecule has 4 aromatic carbocycles. The van der Waals surface area contributed by atoms with E-state index in [4.69, 9.17) is 20.9 Å². The largest absolute Gasteiger partial charge is 0.496 e. The maximum Gasteiger partial charge on any atom is 0.416 e. The van der Waals surface area contributed by atoms with E-state index in [-0.39, 0.29) is 47.1 Å². The van der Waals surface area contributed by atoms with Crippen molar-refractivity contribution in [1.29, 1.82) is 0 Å². The molecule has 0 aliphatic carbocycles. The van der Waals surface area contributed by atoms with Crippen LogP contribution in [-0.4, -0.2) is 37.5 Å². The van der Waals surface area contributed by atoms with Crippen LogP contribution in [0.1, 0.15) is 72.1 Å². The highest BCUT2D eigenvalue weighted by molar-refractivity contribution is 7.85. The quantitative estimate of drug-likeness (QED) is 0.104. The van der Waals surface area contributed by atoms with Crippen LogP contribution in [0.15, 0.2) is 91.0 Å². The van der Waals surface area contributed by atoms with Gasteiger partial charge < -0.3 is 10.1 Å². The van der Waals surface area contributed by atoms with Gasteiger partial charge in [0.25, 0.3) is 10.1 Å². The second-order valence-corrected chi connectivity index (χ2v) is 15.2. The molecule has 0 saturated carbocycles. The maximum absolute atomic E-state index is 14.0. The molecule has 4 rings (SSSR count). The Morgan fingerprint density at radius 3 is 2.14 bits per heavy atom. The molecule has 51 heavy (non-hydrogen) atoms. The number of rotatable bonds is 13. The molecular formula is C39H39ClF3NO6S. The number of alkyl halides is 3. The summed E-state index contributed by atoms with van der Waals surface area (Å²) in [4.78, 5) is 26.5. The number of halogens is 4. The van der Waals surface area contributed by atoms with Crippen molar-refractivity contribution in [3.05, 3.63) is 124 Å². The van der Waals surface area contributed by atoms with E-state index in [1.807, 2.05) is 30.3 Å². The van der Waals surface area contributed by atoms with Gasteiger partial charge in [0.1, 0.15) is 5.75 Å². The number of nitrogens with one attached hydrogen (secondary N) is 1. The van der Waals surface area contributed by atoms with Crippen LogP contribution < -0.4 is 10.1 Å².